The number of carbonyl (C=O) groups excluding carboxylic acids is 1. The van der Waals surface area contributed by atoms with Crippen LogP contribution in [0.25, 0.3) is 0 Å². The fraction of sp³-hybridized carbons (Fsp3) is 0.467. The number of rotatable bonds is 3. The van der Waals surface area contributed by atoms with Crippen LogP contribution in [0.4, 0.5) is 5.95 Å². The Kier molecular flexibility index (Phi) is 4.24. The third kappa shape index (κ3) is 3.02. The van der Waals surface area contributed by atoms with Crippen molar-refractivity contribution in [3.63, 3.8) is 0 Å². The number of nitrogens with zero attached hydrogens (tertiary/aromatic N) is 5. The van der Waals surface area contributed by atoms with E-state index in [9.17, 15) is 4.79 Å². The van der Waals surface area contributed by atoms with Gasteiger partial charge in [0.25, 0.3) is 0 Å². The molecule has 0 bridgehead atoms. The average molecular weight is 315 g/mol. The molecule has 8 nitrogen and oxygen atoms in total. The Hall–Kier alpha value is -2.48. The number of nitrogens with one attached hydrogen (secondary N) is 1. The van der Waals surface area contributed by atoms with Gasteiger partial charge in [0, 0.05) is 49.8 Å². The number of carbonyl (C=O) groups is 1. The highest BCUT2D eigenvalue weighted by molar-refractivity contribution is 5.83. The third-order valence-corrected chi connectivity index (χ3v) is 4.19. The molecule has 122 valence electrons. The fourth-order valence-electron chi connectivity index (χ4n) is 2.92. The molecule has 8 heteroatoms. The molecule has 2 aromatic rings. The van der Waals surface area contributed by atoms with Gasteiger partial charge in [-0.1, -0.05) is 0 Å². The van der Waals surface area contributed by atoms with E-state index in [0.29, 0.717) is 32.1 Å². The van der Waals surface area contributed by atoms with Crippen molar-refractivity contribution in [3.05, 3.63) is 35.4 Å². The van der Waals surface area contributed by atoms with E-state index in [1.165, 1.54) is 0 Å². The van der Waals surface area contributed by atoms with Crippen molar-refractivity contribution in [2.75, 3.05) is 31.1 Å². The van der Waals surface area contributed by atoms with Crippen molar-refractivity contribution in [2.45, 2.75) is 19.9 Å². The second-order valence-electron chi connectivity index (χ2n) is 5.69. The van der Waals surface area contributed by atoms with Crippen LogP contribution in [-0.2, 0) is 4.79 Å². The van der Waals surface area contributed by atoms with Crippen molar-refractivity contribution in [3.8, 4) is 0 Å². The zero-order chi connectivity index (χ0) is 16.4. The van der Waals surface area contributed by atoms with E-state index in [1.807, 2.05) is 13.8 Å². The van der Waals surface area contributed by atoms with Crippen molar-refractivity contribution in [1.29, 1.82) is 0 Å². The van der Waals surface area contributed by atoms with E-state index in [-0.39, 0.29) is 5.91 Å². The van der Waals surface area contributed by atoms with Crippen LogP contribution in [0, 0.1) is 13.8 Å². The zero-order valence-electron chi connectivity index (χ0n) is 13.4. The molecule has 3 rings (SSSR count). The maximum absolute atomic E-state index is 12.7. The van der Waals surface area contributed by atoms with Gasteiger partial charge in [-0.2, -0.15) is 5.10 Å². The number of aryl methyl sites for hydroxylation is 2. The summed E-state index contributed by atoms with van der Waals surface area (Å²) in [5.74, 6) is 0.636. The van der Waals surface area contributed by atoms with Gasteiger partial charge < -0.3 is 15.5 Å². The van der Waals surface area contributed by atoms with Crippen LogP contribution in [0.1, 0.15) is 23.0 Å². The Balaban J connectivity index is 1.64. The first-order valence-electron chi connectivity index (χ1n) is 7.65. The van der Waals surface area contributed by atoms with Gasteiger partial charge in [-0.25, -0.2) is 9.97 Å². The predicted molar refractivity (Wildman–Crippen MR) is 85.8 cm³/mol. The molecule has 1 aliphatic heterocycles. The standard InChI is InChI=1S/C15H21N7O/c1-10-12(11(2)20-19-10)13(16)14(23)21-6-8-22(9-7-21)15-17-4-3-5-18-15/h3-5,13H,6-9,16H2,1-2H3,(H,19,20)/t13-/m1/s1. The van der Waals surface area contributed by atoms with Gasteiger partial charge in [0.1, 0.15) is 6.04 Å². The molecule has 0 radical (unpaired) electrons. The first-order chi connectivity index (χ1) is 11.1. The summed E-state index contributed by atoms with van der Waals surface area (Å²) in [7, 11) is 0. The minimum absolute atomic E-state index is 0.0637. The molecular formula is C15H21N7O. The molecule has 0 spiro atoms. The Labute approximate surface area is 134 Å². The molecule has 23 heavy (non-hydrogen) atoms. The van der Waals surface area contributed by atoms with Gasteiger partial charge in [-0.3, -0.25) is 9.89 Å². The van der Waals surface area contributed by atoms with Gasteiger partial charge in [-0.15, -0.1) is 0 Å². The van der Waals surface area contributed by atoms with Gasteiger partial charge in [-0.05, 0) is 19.9 Å². The van der Waals surface area contributed by atoms with E-state index < -0.39 is 6.04 Å². The number of aromatic nitrogens is 4. The van der Waals surface area contributed by atoms with E-state index in [0.717, 1.165) is 17.0 Å². The van der Waals surface area contributed by atoms with Crippen LogP contribution in [0.2, 0.25) is 0 Å². The van der Waals surface area contributed by atoms with Crippen LogP contribution in [-0.4, -0.2) is 57.2 Å². The van der Waals surface area contributed by atoms with Crippen LogP contribution in [0.5, 0.6) is 0 Å². The van der Waals surface area contributed by atoms with Crippen LogP contribution in [0.15, 0.2) is 18.5 Å². The number of H-pyrrole nitrogens is 1. The molecule has 0 aromatic carbocycles. The highest BCUT2D eigenvalue weighted by Gasteiger charge is 2.29. The molecule has 0 aliphatic carbocycles. The maximum Gasteiger partial charge on any atom is 0.244 e. The minimum Gasteiger partial charge on any atom is -0.337 e. The summed E-state index contributed by atoms with van der Waals surface area (Å²) in [6.45, 7) is 6.36. The molecule has 0 saturated carbocycles. The smallest absolute Gasteiger partial charge is 0.244 e. The molecule has 1 atom stereocenters. The third-order valence-electron chi connectivity index (χ3n) is 4.19. The first kappa shape index (κ1) is 15.4. The number of piperazine rings is 1. The van der Waals surface area contributed by atoms with Gasteiger partial charge in [0.05, 0.1) is 5.69 Å². The molecule has 0 unspecified atom stereocenters. The van der Waals surface area contributed by atoms with Gasteiger partial charge in [0.15, 0.2) is 0 Å². The summed E-state index contributed by atoms with van der Waals surface area (Å²) in [6, 6.07) is 1.12. The molecule has 1 fully saturated rings. The fourth-order valence-corrected chi connectivity index (χ4v) is 2.92. The van der Waals surface area contributed by atoms with E-state index in [2.05, 4.69) is 25.1 Å². The van der Waals surface area contributed by atoms with Crippen molar-refractivity contribution in [2.24, 2.45) is 5.73 Å². The van der Waals surface area contributed by atoms with Crippen LogP contribution >= 0.6 is 0 Å². The highest BCUT2D eigenvalue weighted by Crippen LogP contribution is 2.20. The molecule has 2 aromatic heterocycles. The molecule has 3 N–H and O–H groups in total. The lowest BCUT2D eigenvalue weighted by Crippen LogP contribution is -2.51. The van der Waals surface area contributed by atoms with Crippen molar-refractivity contribution >= 4 is 11.9 Å². The summed E-state index contributed by atoms with van der Waals surface area (Å²) in [6.07, 6.45) is 3.44. The first-order valence-corrected chi connectivity index (χ1v) is 7.65. The summed E-state index contributed by atoms with van der Waals surface area (Å²) < 4.78 is 0. The van der Waals surface area contributed by atoms with Crippen molar-refractivity contribution in [1.82, 2.24) is 25.1 Å². The van der Waals surface area contributed by atoms with Crippen LogP contribution in [0.3, 0.4) is 0 Å². The molecular weight excluding hydrogens is 294 g/mol. The molecule has 1 aliphatic rings. The second kappa shape index (κ2) is 6.33. The van der Waals surface area contributed by atoms with E-state index in [4.69, 9.17) is 5.73 Å². The van der Waals surface area contributed by atoms with Crippen molar-refractivity contribution < 1.29 is 4.79 Å². The lowest BCUT2D eigenvalue weighted by atomic mass is 10.0. The Morgan fingerprint density at radius 2 is 1.87 bits per heavy atom. The van der Waals surface area contributed by atoms with E-state index >= 15 is 0 Å². The lowest BCUT2D eigenvalue weighted by molar-refractivity contribution is -0.133. The largest absolute Gasteiger partial charge is 0.337 e. The number of aromatic amines is 1. The Morgan fingerprint density at radius 3 is 2.43 bits per heavy atom. The zero-order valence-corrected chi connectivity index (χ0v) is 13.4. The molecule has 3 heterocycles. The second-order valence-corrected chi connectivity index (χ2v) is 5.69. The highest BCUT2D eigenvalue weighted by atomic mass is 16.2. The van der Waals surface area contributed by atoms with Crippen LogP contribution < -0.4 is 10.6 Å². The number of nitrogens with two attached hydrogens (primary N) is 1. The van der Waals surface area contributed by atoms with Gasteiger partial charge >= 0.3 is 0 Å². The minimum atomic E-state index is -0.673. The van der Waals surface area contributed by atoms with E-state index in [1.54, 1.807) is 23.4 Å². The number of hydrogen-bond donors (Lipinski definition) is 2. The molecule has 1 saturated heterocycles. The topological polar surface area (TPSA) is 104 Å². The van der Waals surface area contributed by atoms with Gasteiger partial charge in [0.2, 0.25) is 11.9 Å². The Bertz CT molecular complexity index is 657. The maximum atomic E-state index is 12.7. The normalized spacial score (nSPS) is 16.5. The SMILES string of the molecule is Cc1n[nH]c(C)c1[C@@H](N)C(=O)N1CCN(c2ncccn2)CC1. The lowest BCUT2D eigenvalue weighted by Gasteiger charge is -2.35. The quantitative estimate of drug-likeness (QED) is 0.836. The summed E-state index contributed by atoms with van der Waals surface area (Å²) >= 11 is 0. The average Bonchev–Trinajstić information content (AvgIpc) is 2.93. The predicted octanol–water partition coefficient (Wildman–Crippen LogP) is 0.165. The number of anilines is 1. The monoisotopic (exact) mass is 315 g/mol. The summed E-state index contributed by atoms with van der Waals surface area (Å²) in [5.41, 5.74) is 8.59. The number of amides is 1. The Morgan fingerprint density at radius 1 is 1.22 bits per heavy atom. The molecule has 1 amide bonds. The number of hydrogen-bond acceptors (Lipinski definition) is 6. The summed E-state index contributed by atoms with van der Waals surface area (Å²) in [5, 5.41) is 6.99. The summed E-state index contributed by atoms with van der Waals surface area (Å²) in [4.78, 5) is 25.0.